The van der Waals surface area contributed by atoms with Crippen molar-refractivity contribution in [3.05, 3.63) is 11.6 Å². The first kappa shape index (κ1) is 75.7. The Labute approximate surface area is 569 Å². The van der Waals surface area contributed by atoms with Gasteiger partial charge in [0.2, 0.25) is 0 Å². The molecule has 5 aliphatic carbocycles. The van der Waals surface area contributed by atoms with Gasteiger partial charge in [-0.05, 0) is 123 Å². The number of carboxylic acid groups (broad SMARTS) is 1. The molecule has 4 saturated carbocycles. The van der Waals surface area contributed by atoms with Gasteiger partial charge in [-0.3, -0.25) is 4.79 Å². The highest BCUT2D eigenvalue weighted by Gasteiger charge is 2.70. The number of aliphatic hydroxyl groups is 15. The van der Waals surface area contributed by atoms with Gasteiger partial charge in [-0.1, -0.05) is 60.1 Å². The highest BCUT2D eigenvalue weighted by Crippen LogP contribution is 2.76. The normalized spacial score (nSPS) is 55.0. The fraction of sp³-hybridized carbons (Fsp3) is 0.955. The molecule has 7 aliphatic heterocycles. The molecule has 98 heavy (non-hydrogen) atoms. The number of hydrogen-bond acceptors (Lipinski definition) is 30. The zero-order chi connectivity index (χ0) is 71.0. The lowest BCUT2D eigenvalue weighted by Crippen LogP contribution is -2.66. The lowest BCUT2D eigenvalue weighted by molar-refractivity contribution is -0.387. The van der Waals surface area contributed by atoms with Gasteiger partial charge in [0.05, 0.1) is 56.8 Å². The number of allylic oxidation sites excluding steroid dienone is 2. The smallest absolute Gasteiger partial charge is 0.310 e. The Morgan fingerprint density at radius 1 is 0.429 bits per heavy atom. The maximum atomic E-state index is 13.2. The van der Waals surface area contributed by atoms with Crippen molar-refractivity contribution >= 4 is 5.97 Å². The number of aliphatic carboxylic acids is 1. The van der Waals surface area contributed by atoms with Crippen molar-refractivity contribution in [1.29, 1.82) is 0 Å². The minimum absolute atomic E-state index is 0.0112. The maximum absolute atomic E-state index is 13.2. The van der Waals surface area contributed by atoms with Crippen LogP contribution in [-0.4, -0.2) is 311 Å². The highest BCUT2D eigenvalue weighted by atomic mass is 16.8. The summed E-state index contributed by atoms with van der Waals surface area (Å²) in [4.78, 5) is 13.2. The first-order chi connectivity index (χ1) is 46.0. The Morgan fingerprint density at radius 2 is 0.898 bits per heavy atom. The van der Waals surface area contributed by atoms with Gasteiger partial charge in [-0.2, -0.15) is 0 Å². The number of fused-ring (bicyclic) bond motifs is 7. The number of carbonyl (C=O) groups is 1. The Kier molecular flexibility index (Phi) is 21.9. The third kappa shape index (κ3) is 13.2. The topological polar surface area (TPSA) is 470 Å². The van der Waals surface area contributed by atoms with Gasteiger partial charge in [0.15, 0.2) is 44.0 Å². The van der Waals surface area contributed by atoms with Crippen LogP contribution in [0.15, 0.2) is 11.6 Å². The third-order valence-electron chi connectivity index (χ3n) is 25.8. The standard InChI is InChI=1S/C67H108O31/c1-26-38(71)43(76)53(98-55-44(77)40(73)30(68)21-85-55)60(91-26)96-51-32(70)23-87-58(48(51)81)97-52-39(72)27(2)90-59(49(52)82)93-34-25-89-56(46(79)42(34)75)95-50-31(69)22-86-57(47(50)80)92-33-24-88-54(45(78)41(33)74)94-37-13-14-64(7)35(63(37,5)6)12-15-66(9)36(64)11-10-28-29-20-62(3,4)16-18-67(29,61(83)84)19-17-65(28,66)8/h10,26-27,29-60,68-82H,11-25H2,1-9H3,(H,83,84)/t26-,27-,29-,30+,31+,32+,33+,34+,35-,36+,37-,38-,39-,40-,41-,42-,43+,44+,45+,46+,47+,48+,49+,50-,51-,52+,53+,54-,55-,56-,57-,58-,59-,60-,64-,65+,66+,67-/m0/s1. The Balaban J connectivity index is 0.626. The fourth-order valence-corrected chi connectivity index (χ4v) is 19.5. The molecule has 0 bridgehead atoms. The van der Waals surface area contributed by atoms with Crippen molar-refractivity contribution in [2.45, 2.75) is 317 Å². The number of aliphatic hydroxyl groups excluding tert-OH is 15. The second kappa shape index (κ2) is 28.4. The lowest BCUT2D eigenvalue weighted by atomic mass is 9.33. The number of rotatable bonds is 15. The van der Waals surface area contributed by atoms with Crippen LogP contribution in [0.2, 0.25) is 0 Å². The Hall–Kier alpha value is -1.95. The molecule has 0 amide bonds. The van der Waals surface area contributed by atoms with Crippen LogP contribution in [0, 0.1) is 50.2 Å². The van der Waals surface area contributed by atoms with Crippen LogP contribution in [0.3, 0.4) is 0 Å². The predicted molar refractivity (Wildman–Crippen MR) is 328 cm³/mol. The van der Waals surface area contributed by atoms with Gasteiger partial charge in [-0.25, -0.2) is 0 Å². The summed E-state index contributed by atoms with van der Waals surface area (Å²) in [6.45, 7) is 16.7. The summed E-state index contributed by atoms with van der Waals surface area (Å²) in [6, 6.07) is 0. The van der Waals surface area contributed by atoms with E-state index in [0.717, 1.165) is 44.9 Å². The highest BCUT2D eigenvalue weighted by molar-refractivity contribution is 5.76. The summed E-state index contributed by atoms with van der Waals surface area (Å²) in [6.07, 6.45) is -38.9. The molecule has 562 valence electrons. The van der Waals surface area contributed by atoms with Gasteiger partial charge in [0.1, 0.15) is 128 Å². The molecule has 0 aromatic carbocycles. The van der Waals surface area contributed by atoms with E-state index in [1.165, 1.54) is 19.4 Å². The van der Waals surface area contributed by atoms with Crippen LogP contribution in [0.4, 0.5) is 0 Å². The first-order valence-corrected chi connectivity index (χ1v) is 35.1. The van der Waals surface area contributed by atoms with E-state index in [1.807, 2.05) is 0 Å². The SMILES string of the molecule is C[C@@H]1O[C@@H](O[C@@H]2[C@@H](O)[C@H](O[C@@H]3[C@@H](O)[C@H](C)O[C@@H](O[C@@H]4CO[C@@H](O[C@@H]5[C@@H](O)[C@H](O[C@@H]6CO[C@@H](O[C@H]7CC[C@]8(C)[C@H]9CC=C%10[C@@H]%11CC(C)(C)CC[C@]%11(C(=O)O)CC[C@@]%10(C)[C@]9(C)CC[C@H]8C7(C)C)[C@H](O)[C@H]6O)OC[C@H]5O)[C@H](O)[C@H]4O)[C@@H]3O)OC[C@H]2O)[C@H](O[C@@H]2OC[C@@H](O)[C@H](O)[C@H]2O)[C@H](O)[C@H]1O. The second-order valence-corrected chi connectivity index (χ2v) is 32.4. The molecule has 0 aromatic rings. The van der Waals surface area contributed by atoms with Crippen LogP contribution in [-0.2, 0) is 71.1 Å². The van der Waals surface area contributed by atoms with E-state index in [4.69, 9.17) is 66.3 Å². The molecule has 0 unspecified atom stereocenters. The molecule has 0 radical (unpaired) electrons. The molecule has 12 rings (SSSR count). The summed E-state index contributed by atoms with van der Waals surface area (Å²) >= 11 is 0. The minimum Gasteiger partial charge on any atom is -0.481 e. The molecular weight excluding hydrogens is 1300 g/mol. The monoisotopic (exact) mass is 1410 g/mol. The van der Waals surface area contributed by atoms with E-state index >= 15 is 0 Å². The minimum atomic E-state index is -1.96. The Morgan fingerprint density at radius 3 is 1.50 bits per heavy atom. The quantitative estimate of drug-likeness (QED) is 0.0584. The predicted octanol–water partition coefficient (Wildman–Crippen LogP) is -2.75. The van der Waals surface area contributed by atoms with Crippen molar-refractivity contribution in [1.82, 2.24) is 0 Å². The van der Waals surface area contributed by atoms with Gasteiger partial charge in [0.25, 0.3) is 0 Å². The summed E-state index contributed by atoms with van der Waals surface area (Å²) < 4.78 is 82.1. The van der Waals surface area contributed by atoms with Crippen molar-refractivity contribution in [3.8, 4) is 0 Å². The Bertz CT molecular complexity index is 2790. The maximum Gasteiger partial charge on any atom is 0.310 e. The van der Waals surface area contributed by atoms with Crippen molar-refractivity contribution in [3.63, 3.8) is 0 Å². The number of hydrogen-bond donors (Lipinski definition) is 16. The van der Waals surface area contributed by atoms with Gasteiger partial charge >= 0.3 is 5.97 Å². The molecular formula is C67H108O31. The zero-order valence-corrected chi connectivity index (χ0v) is 57.1. The van der Waals surface area contributed by atoms with Crippen LogP contribution < -0.4 is 0 Å². The van der Waals surface area contributed by atoms with Gasteiger partial charge in [0, 0.05) is 0 Å². The van der Waals surface area contributed by atoms with Crippen LogP contribution in [0.5, 0.6) is 0 Å². The molecule has 7 heterocycles. The molecule has 12 aliphatic rings. The number of carboxylic acids is 1. The van der Waals surface area contributed by atoms with Crippen LogP contribution in [0.25, 0.3) is 0 Å². The molecule has 0 aromatic heterocycles. The van der Waals surface area contributed by atoms with E-state index < -0.39 is 228 Å². The summed E-state index contributed by atoms with van der Waals surface area (Å²) in [7, 11) is 0. The van der Waals surface area contributed by atoms with E-state index in [-0.39, 0.29) is 46.2 Å². The molecule has 16 N–H and O–H groups in total. The summed E-state index contributed by atoms with van der Waals surface area (Å²) in [5, 5.41) is 178. The zero-order valence-electron chi connectivity index (χ0n) is 57.1. The van der Waals surface area contributed by atoms with E-state index in [9.17, 15) is 86.5 Å². The van der Waals surface area contributed by atoms with Crippen LogP contribution >= 0.6 is 0 Å². The molecule has 38 atom stereocenters. The second-order valence-electron chi connectivity index (χ2n) is 32.4. The molecule has 11 fully saturated rings. The lowest BCUT2D eigenvalue weighted by Gasteiger charge is -2.71. The average Bonchev–Trinajstić information content (AvgIpc) is 0.676. The largest absolute Gasteiger partial charge is 0.481 e. The summed E-state index contributed by atoms with van der Waals surface area (Å²) in [5.74, 6) is -0.0666. The van der Waals surface area contributed by atoms with Crippen molar-refractivity contribution in [2.24, 2.45) is 50.2 Å². The first-order valence-electron chi connectivity index (χ1n) is 35.1. The molecule has 31 heteroatoms. The van der Waals surface area contributed by atoms with E-state index in [2.05, 4.69) is 54.5 Å². The molecule has 0 spiro atoms. The third-order valence-corrected chi connectivity index (χ3v) is 25.8. The molecule has 7 saturated heterocycles. The molecule has 31 nitrogen and oxygen atoms in total. The van der Waals surface area contributed by atoms with E-state index in [0.29, 0.717) is 25.2 Å². The van der Waals surface area contributed by atoms with E-state index in [1.54, 1.807) is 0 Å². The van der Waals surface area contributed by atoms with Crippen molar-refractivity contribution < 1.29 is 153 Å². The number of ether oxygens (including phenoxy) is 14. The summed E-state index contributed by atoms with van der Waals surface area (Å²) in [5.41, 5.74) is 0.0435. The van der Waals surface area contributed by atoms with Crippen LogP contribution in [0.1, 0.15) is 127 Å². The van der Waals surface area contributed by atoms with Gasteiger partial charge in [-0.15, -0.1) is 0 Å². The van der Waals surface area contributed by atoms with Crippen molar-refractivity contribution in [2.75, 3.05) is 33.0 Å². The average molecular weight is 1410 g/mol. The fourth-order valence-electron chi connectivity index (χ4n) is 19.5. The van der Waals surface area contributed by atoms with Gasteiger partial charge < -0.3 is 148 Å².